The van der Waals surface area contributed by atoms with E-state index in [0.717, 1.165) is 35.5 Å². The molecule has 1 heterocycles. The average molecular weight is 258 g/mol. The third kappa shape index (κ3) is 2.31. The first kappa shape index (κ1) is 12.1. The SMILES string of the molecule is CC1CN(c2ccc(CCl)c(Cl)c2)CC1C. The van der Waals surface area contributed by atoms with Crippen LogP contribution in [0.3, 0.4) is 0 Å². The predicted octanol–water partition coefficient (Wildman–Crippen LogP) is 4.17. The summed E-state index contributed by atoms with van der Waals surface area (Å²) in [5.74, 6) is 1.99. The zero-order valence-electron chi connectivity index (χ0n) is 9.71. The summed E-state index contributed by atoms with van der Waals surface area (Å²) in [5.41, 5.74) is 2.22. The maximum atomic E-state index is 6.17. The molecule has 0 radical (unpaired) electrons. The maximum Gasteiger partial charge on any atom is 0.0488 e. The van der Waals surface area contributed by atoms with Crippen molar-refractivity contribution in [1.82, 2.24) is 0 Å². The van der Waals surface area contributed by atoms with Crippen LogP contribution in [0.5, 0.6) is 0 Å². The number of halogens is 2. The maximum absolute atomic E-state index is 6.17. The zero-order chi connectivity index (χ0) is 11.7. The minimum atomic E-state index is 0.478. The quantitative estimate of drug-likeness (QED) is 0.719. The van der Waals surface area contributed by atoms with E-state index < -0.39 is 0 Å². The number of benzene rings is 1. The van der Waals surface area contributed by atoms with Crippen molar-refractivity contribution in [2.75, 3.05) is 18.0 Å². The molecule has 1 fully saturated rings. The van der Waals surface area contributed by atoms with E-state index in [-0.39, 0.29) is 0 Å². The molecule has 2 unspecified atom stereocenters. The minimum Gasteiger partial charge on any atom is -0.371 e. The molecular formula is C13H17Cl2N. The van der Waals surface area contributed by atoms with Gasteiger partial charge in [0.2, 0.25) is 0 Å². The van der Waals surface area contributed by atoms with Gasteiger partial charge < -0.3 is 4.90 Å². The summed E-state index contributed by atoms with van der Waals surface area (Å²) < 4.78 is 0. The zero-order valence-corrected chi connectivity index (χ0v) is 11.2. The average Bonchev–Trinajstić information content (AvgIpc) is 2.59. The van der Waals surface area contributed by atoms with Crippen LogP contribution in [-0.4, -0.2) is 13.1 Å². The van der Waals surface area contributed by atoms with E-state index in [2.05, 4.69) is 24.8 Å². The molecule has 3 heteroatoms. The van der Waals surface area contributed by atoms with Gasteiger partial charge in [-0.1, -0.05) is 31.5 Å². The number of rotatable bonds is 2. The Morgan fingerprint density at radius 3 is 2.38 bits per heavy atom. The van der Waals surface area contributed by atoms with E-state index in [1.807, 2.05) is 12.1 Å². The Morgan fingerprint density at radius 2 is 1.88 bits per heavy atom. The molecule has 0 N–H and O–H groups in total. The highest BCUT2D eigenvalue weighted by Crippen LogP contribution is 2.30. The molecule has 0 aromatic heterocycles. The van der Waals surface area contributed by atoms with Gasteiger partial charge in [-0.05, 0) is 29.5 Å². The number of hydrogen-bond acceptors (Lipinski definition) is 1. The fourth-order valence-corrected chi connectivity index (χ4v) is 2.72. The van der Waals surface area contributed by atoms with Crippen molar-refractivity contribution in [2.45, 2.75) is 19.7 Å². The summed E-state index contributed by atoms with van der Waals surface area (Å²) in [6.45, 7) is 6.86. The van der Waals surface area contributed by atoms with Crippen LogP contribution in [0.4, 0.5) is 5.69 Å². The van der Waals surface area contributed by atoms with Crippen molar-refractivity contribution in [1.29, 1.82) is 0 Å². The highest BCUT2D eigenvalue weighted by atomic mass is 35.5. The molecule has 2 rings (SSSR count). The van der Waals surface area contributed by atoms with Crippen molar-refractivity contribution < 1.29 is 0 Å². The minimum absolute atomic E-state index is 0.478. The van der Waals surface area contributed by atoms with E-state index in [9.17, 15) is 0 Å². The summed E-state index contributed by atoms with van der Waals surface area (Å²) in [6.07, 6.45) is 0. The highest BCUT2D eigenvalue weighted by molar-refractivity contribution is 6.32. The fraction of sp³-hybridized carbons (Fsp3) is 0.538. The molecule has 2 atom stereocenters. The first-order valence-corrected chi connectivity index (χ1v) is 6.62. The Balaban J connectivity index is 2.19. The van der Waals surface area contributed by atoms with Gasteiger partial charge in [0.15, 0.2) is 0 Å². The predicted molar refractivity (Wildman–Crippen MR) is 71.6 cm³/mol. The standard InChI is InChI=1S/C13H17Cl2N/c1-9-7-16(8-10(9)2)12-4-3-11(6-14)13(15)5-12/h3-5,9-10H,6-8H2,1-2H3. The molecule has 0 saturated carbocycles. The van der Waals surface area contributed by atoms with Crippen LogP contribution in [0.25, 0.3) is 0 Å². The van der Waals surface area contributed by atoms with Crippen molar-refractivity contribution in [2.24, 2.45) is 11.8 Å². The summed E-state index contributed by atoms with van der Waals surface area (Å²) in [5, 5.41) is 0.778. The number of alkyl halides is 1. The van der Waals surface area contributed by atoms with Crippen LogP contribution in [0, 0.1) is 11.8 Å². The molecule has 1 aromatic carbocycles. The van der Waals surface area contributed by atoms with Gasteiger partial charge in [0, 0.05) is 29.7 Å². The molecule has 0 amide bonds. The molecule has 1 aliphatic heterocycles. The first-order chi connectivity index (χ1) is 7.61. The summed E-state index contributed by atoms with van der Waals surface area (Å²) in [7, 11) is 0. The van der Waals surface area contributed by atoms with E-state index in [1.54, 1.807) is 0 Å². The van der Waals surface area contributed by atoms with Gasteiger partial charge in [0.05, 0.1) is 0 Å². The molecule has 1 nitrogen and oxygen atoms in total. The topological polar surface area (TPSA) is 3.24 Å². The molecular weight excluding hydrogens is 241 g/mol. The Kier molecular flexibility index (Phi) is 3.66. The molecule has 16 heavy (non-hydrogen) atoms. The normalized spacial score (nSPS) is 25.1. The number of hydrogen-bond donors (Lipinski definition) is 0. The van der Waals surface area contributed by atoms with Crippen molar-refractivity contribution in [3.8, 4) is 0 Å². The molecule has 88 valence electrons. The monoisotopic (exact) mass is 257 g/mol. The van der Waals surface area contributed by atoms with Crippen LogP contribution < -0.4 is 4.90 Å². The second kappa shape index (κ2) is 4.85. The fourth-order valence-electron chi connectivity index (χ4n) is 2.18. The van der Waals surface area contributed by atoms with Crippen LogP contribution in [-0.2, 0) is 5.88 Å². The van der Waals surface area contributed by atoms with Gasteiger partial charge >= 0.3 is 0 Å². The van der Waals surface area contributed by atoms with Gasteiger partial charge in [-0.15, -0.1) is 11.6 Å². The highest BCUT2D eigenvalue weighted by Gasteiger charge is 2.26. The molecule has 0 bridgehead atoms. The Morgan fingerprint density at radius 1 is 1.25 bits per heavy atom. The summed E-state index contributed by atoms with van der Waals surface area (Å²) in [6, 6.07) is 6.18. The molecule has 1 saturated heterocycles. The van der Waals surface area contributed by atoms with Gasteiger partial charge in [-0.3, -0.25) is 0 Å². The van der Waals surface area contributed by atoms with Crippen LogP contribution >= 0.6 is 23.2 Å². The van der Waals surface area contributed by atoms with E-state index in [0.29, 0.717) is 5.88 Å². The van der Waals surface area contributed by atoms with Gasteiger partial charge in [-0.2, -0.15) is 0 Å². The van der Waals surface area contributed by atoms with Crippen molar-refractivity contribution in [3.63, 3.8) is 0 Å². The van der Waals surface area contributed by atoms with E-state index in [1.165, 1.54) is 5.69 Å². The first-order valence-electron chi connectivity index (χ1n) is 5.71. The lowest BCUT2D eigenvalue weighted by Gasteiger charge is -2.19. The second-order valence-electron chi connectivity index (χ2n) is 4.77. The molecule has 0 aliphatic carbocycles. The molecule has 1 aliphatic rings. The van der Waals surface area contributed by atoms with Crippen LogP contribution in [0.1, 0.15) is 19.4 Å². The number of anilines is 1. The lowest BCUT2D eigenvalue weighted by molar-refractivity contribution is 0.494. The third-order valence-corrected chi connectivity index (χ3v) is 4.17. The largest absolute Gasteiger partial charge is 0.371 e. The second-order valence-corrected chi connectivity index (χ2v) is 5.44. The van der Waals surface area contributed by atoms with Crippen molar-refractivity contribution in [3.05, 3.63) is 28.8 Å². The molecule has 1 aromatic rings. The summed E-state index contributed by atoms with van der Waals surface area (Å²) in [4.78, 5) is 2.40. The smallest absolute Gasteiger partial charge is 0.0488 e. The van der Waals surface area contributed by atoms with Crippen LogP contribution in [0.15, 0.2) is 18.2 Å². The Hall–Kier alpha value is -0.400. The van der Waals surface area contributed by atoms with Gasteiger partial charge in [0.25, 0.3) is 0 Å². The van der Waals surface area contributed by atoms with E-state index in [4.69, 9.17) is 23.2 Å². The van der Waals surface area contributed by atoms with Gasteiger partial charge in [0.1, 0.15) is 0 Å². The Bertz CT molecular complexity index is 368. The molecule has 0 spiro atoms. The third-order valence-electron chi connectivity index (χ3n) is 3.53. The van der Waals surface area contributed by atoms with Gasteiger partial charge in [-0.25, -0.2) is 0 Å². The van der Waals surface area contributed by atoms with E-state index >= 15 is 0 Å². The van der Waals surface area contributed by atoms with Crippen LogP contribution in [0.2, 0.25) is 5.02 Å². The lowest BCUT2D eigenvalue weighted by Crippen LogP contribution is -2.19. The summed E-state index contributed by atoms with van der Waals surface area (Å²) >= 11 is 12.0. The van der Waals surface area contributed by atoms with Crippen molar-refractivity contribution >= 4 is 28.9 Å². The number of nitrogens with zero attached hydrogens (tertiary/aromatic N) is 1. The Labute approximate surface area is 107 Å². The lowest BCUT2D eigenvalue weighted by atomic mass is 10.0.